The Balaban J connectivity index is 1.94. The van der Waals surface area contributed by atoms with Gasteiger partial charge in [0.15, 0.2) is 0 Å². The van der Waals surface area contributed by atoms with Crippen LogP contribution in [0.5, 0.6) is 0 Å². The zero-order chi connectivity index (χ0) is 13.0. The third-order valence-electron chi connectivity index (χ3n) is 3.82. The second kappa shape index (κ2) is 5.89. The van der Waals surface area contributed by atoms with E-state index < -0.39 is 0 Å². The average molecular weight is 246 g/mol. The first kappa shape index (κ1) is 12.9. The summed E-state index contributed by atoms with van der Waals surface area (Å²) in [6, 6.07) is 8.03. The smallest absolute Gasteiger partial charge is 0.226 e. The van der Waals surface area contributed by atoms with E-state index in [2.05, 4.69) is 0 Å². The van der Waals surface area contributed by atoms with Gasteiger partial charge in [-0.2, -0.15) is 0 Å². The van der Waals surface area contributed by atoms with Crippen LogP contribution in [0, 0.1) is 0 Å². The van der Waals surface area contributed by atoms with Gasteiger partial charge in [0.25, 0.3) is 0 Å². The standard InChI is InChI=1S/C15H22N2O/c1-17(14-8-3-2-4-9-14)15(18)11-12-6-5-7-13(16)10-12/h5-7,10,14H,2-4,8-9,11,16H2,1H3. The van der Waals surface area contributed by atoms with Gasteiger partial charge in [-0.05, 0) is 30.5 Å². The van der Waals surface area contributed by atoms with Gasteiger partial charge in [-0.1, -0.05) is 31.4 Å². The summed E-state index contributed by atoms with van der Waals surface area (Å²) < 4.78 is 0. The van der Waals surface area contributed by atoms with Gasteiger partial charge in [-0.3, -0.25) is 4.79 Å². The van der Waals surface area contributed by atoms with E-state index in [1.807, 2.05) is 36.2 Å². The molecule has 98 valence electrons. The Morgan fingerprint density at radius 3 is 2.72 bits per heavy atom. The fourth-order valence-corrected chi connectivity index (χ4v) is 2.67. The molecule has 0 radical (unpaired) electrons. The topological polar surface area (TPSA) is 46.3 Å². The highest BCUT2D eigenvalue weighted by atomic mass is 16.2. The third kappa shape index (κ3) is 3.25. The number of amides is 1. The molecule has 18 heavy (non-hydrogen) atoms. The molecule has 3 nitrogen and oxygen atoms in total. The number of nitrogens with zero attached hydrogens (tertiary/aromatic N) is 1. The summed E-state index contributed by atoms with van der Waals surface area (Å²) in [7, 11) is 1.94. The lowest BCUT2D eigenvalue weighted by molar-refractivity contribution is -0.131. The maximum Gasteiger partial charge on any atom is 0.226 e. The Morgan fingerprint density at radius 2 is 2.06 bits per heavy atom. The summed E-state index contributed by atoms with van der Waals surface area (Å²) in [5.41, 5.74) is 7.45. The molecule has 1 amide bonds. The van der Waals surface area contributed by atoms with Gasteiger partial charge in [0, 0.05) is 18.8 Å². The van der Waals surface area contributed by atoms with E-state index in [0.29, 0.717) is 12.5 Å². The Kier molecular flexibility index (Phi) is 4.24. The zero-order valence-corrected chi connectivity index (χ0v) is 11.1. The molecule has 0 aliphatic heterocycles. The summed E-state index contributed by atoms with van der Waals surface area (Å²) in [4.78, 5) is 14.1. The molecular formula is C15H22N2O. The Bertz CT molecular complexity index is 411. The largest absolute Gasteiger partial charge is 0.399 e. The Morgan fingerprint density at radius 1 is 1.33 bits per heavy atom. The first-order chi connectivity index (χ1) is 8.66. The van der Waals surface area contributed by atoms with Crippen molar-refractivity contribution >= 4 is 11.6 Å². The molecule has 0 aromatic heterocycles. The highest BCUT2D eigenvalue weighted by Crippen LogP contribution is 2.22. The van der Waals surface area contributed by atoms with Crippen LogP contribution in [0.1, 0.15) is 37.7 Å². The first-order valence-electron chi connectivity index (χ1n) is 6.77. The molecule has 2 N–H and O–H groups in total. The van der Waals surface area contributed by atoms with Crippen molar-refractivity contribution in [1.29, 1.82) is 0 Å². The van der Waals surface area contributed by atoms with Gasteiger partial charge < -0.3 is 10.6 Å². The number of carbonyl (C=O) groups is 1. The van der Waals surface area contributed by atoms with Gasteiger partial charge in [-0.15, -0.1) is 0 Å². The minimum Gasteiger partial charge on any atom is -0.399 e. The van der Waals surface area contributed by atoms with Crippen molar-refractivity contribution < 1.29 is 4.79 Å². The zero-order valence-electron chi connectivity index (χ0n) is 11.1. The molecule has 0 saturated heterocycles. The summed E-state index contributed by atoms with van der Waals surface area (Å²) in [6.45, 7) is 0. The lowest BCUT2D eigenvalue weighted by atomic mass is 9.94. The monoisotopic (exact) mass is 246 g/mol. The summed E-state index contributed by atoms with van der Waals surface area (Å²) in [6.07, 6.45) is 6.57. The number of carbonyl (C=O) groups excluding carboxylic acids is 1. The van der Waals surface area contributed by atoms with Crippen LogP contribution in [0.15, 0.2) is 24.3 Å². The quantitative estimate of drug-likeness (QED) is 0.833. The van der Waals surface area contributed by atoms with E-state index in [4.69, 9.17) is 5.73 Å². The molecule has 0 atom stereocenters. The van der Waals surface area contributed by atoms with Crippen LogP contribution in [0.25, 0.3) is 0 Å². The highest BCUT2D eigenvalue weighted by molar-refractivity contribution is 5.79. The molecule has 2 rings (SSSR count). The fraction of sp³-hybridized carbons (Fsp3) is 0.533. The number of likely N-dealkylation sites (N-methyl/N-ethyl adjacent to an activating group) is 1. The summed E-state index contributed by atoms with van der Waals surface area (Å²) in [5, 5.41) is 0. The van der Waals surface area contributed by atoms with Crippen molar-refractivity contribution in [2.24, 2.45) is 0 Å². The lowest BCUT2D eigenvalue weighted by Crippen LogP contribution is -2.39. The normalized spacial score (nSPS) is 16.5. The number of hydrogen-bond acceptors (Lipinski definition) is 2. The predicted molar refractivity (Wildman–Crippen MR) is 74.2 cm³/mol. The van der Waals surface area contributed by atoms with Crippen LogP contribution in [-0.2, 0) is 11.2 Å². The summed E-state index contributed by atoms with van der Waals surface area (Å²) in [5.74, 6) is 0.201. The summed E-state index contributed by atoms with van der Waals surface area (Å²) >= 11 is 0. The van der Waals surface area contributed by atoms with Crippen LogP contribution in [0.2, 0.25) is 0 Å². The minimum absolute atomic E-state index is 0.201. The first-order valence-corrected chi connectivity index (χ1v) is 6.77. The maximum atomic E-state index is 12.2. The number of nitrogen functional groups attached to an aromatic ring is 1. The van der Waals surface area contributed by atoms with E-state index in [9.17, 15) is 4.79 Å². The van der Waals surface area contributed by atoms with Gasteiger partial charge in [-0.25, -0.2) is 0 Å². The van der Waals surface area contributed by atoms with Crippen molar-refractivity contribution in [1.82, 2.24) is 4.90 Å². The second-order valence-corrected chi connectivity index (χ2v) is 5.22. The second-order valence-electron chi connectivity index (χ2n) is 5.22. The fourth-order valence-electron chi connectivity index (χ4n) is 2.67. The molecule has 3 heteroatoms. The van der Waals surface area contributed by atoms with Crippen LogP contribution in [-0.4, -0.2) is 23.9 Å². The molecule has 1 saturated carbocycles. The molecular weight excluding hydrogens is 224 g/mol. The van der Waals surface area contributed by atoms with Gasteiger partial charge in [0.2, 0.25) is 5.91 Å². The number of rotatable bonds is 3. The van der Waals surface area contributed by atoms with Crippen molar-refractivity contribution in [3.8, 4) is 0 Å². The highest BCUT2D eigenvalue weighted by Gasteiger charge is 2.21. The number of benzene rings is 1. The maximum absolute atomic E-state index is 12.2. The van der Waals surface area contributed by atoms with Crippen LogP contribution in [0.4, 0.5) is 5.69 Å². The van der Waals surface area contributed by atoms with Crippen LogP contribution >= 0.6 is 0 Å². The van der Waals surface area contributed by atoms with Gasteiger partial charge in [0.05, 0.1) is 6.42 Å². The molecule has 0 unspecified atom stereocenters. The minimum atomic E-state index is 0.201. The molecule has 1 aliphatic rings. The van der Waals surface area contributed by atoms with E-state index >= 15 is 0 Å². The van der Waals surface area contributed by atoms with Crippen molar-refractivity contribution in [3.05, 3.63) is 29.8 Å². The third-order valence-corrected chi connectivity index (χ3v) is 3.82. The average Bonchev–Trinajstić information content (AvgIpc) is 2.39. The molecule has 1 fully saturated rings. The number of hydrogen-bond donors (Lipinski definition) is 1. The molecule has 1 aromatic rings. The van der Waals surface area contributed by atoms with Crippen LogP contribution < -0.4 is 5.73 Å². The lowest BCUT2D eigenvalue weighted by Gasteiger charge is -2.31. The van der Waals surface area contributed by atoms with E-state index in [0.717, 1.165) is 24.1 Å². The molecule has 0 bridgehead atoms. The molecule has 1 aliphatic carbocycles. The van der Waals surface area contributed by atoms with Crippen LogP contribution in [0.3, 0.4) is 0 Å². The molecule has 1 aromatic carbocycles. The predicted octanol–water partition coefficient (Wildman–Crippen LogP) is 2.60. The number of anilines is 1. The van der Waals surface area contributed by atoms with Gasteiger partial charge >= 0.3 is 0 Å². The SMILES string of the molecule is CN(C(=O)Cc1cccc(N)c1)C1CCCCC1. The Hall–Kier alpha value is -1.51. The Labute approximate surface area is 109 Å². The number of nitrogens with two attached hydrogens (primary N) is 1. The van der Waals surface area contributed by atoms with Crippen molar-refractivity contribution in [2.75, 3.05) is 12.8 Å². The van der Waals surface area contributed by atoms with Crippen molar-refractivity contribution in [3.63, 3.8) is 0 Å². The molecule has 0 heterocycles. The van der Waals surface area contributed by atoms with E-state index in [-0.39, 0.29) is 5.91 Å². The van der Waals surface area contributed by atoms with E-state index in [1.165, 1.54) is 19.3 Å². The molecule has 0 spiro atoms. The van der Waals surface area contributed by atoms with E-state index in [1.54, 1.807) is 0 Å². The van der Waals surface area contributed by atoms with Crippen molar-refractivity contribution in [2.45, 2.75) is 44.6 Å². The van der Waals surface area contributed by atoms with Gasteiger partial charge in [0.1, 0.15) is 0 Å².